The van der Waals surface area contributed by atoms with Crippen LogP contribution in [-0.4, -0.2) is 28.1 Å². The molecule has 0 bridgehead atoms. The Morgan fingerprint density at radius 1 is 1.37 bits per heavy atom. The highest BCUT2D eigenvalue weighted by atomic mass is 127. The molecule has 4 heteroatoms. The molecule has 0 amide bonds. The summed E-state index contributed by atoms with van der Waals surface area (Å²) in [5, 5.41) is 9.56. The second-order valence-electron chi connectivity index (χ2n) is 5.46. The number of aliphatic carboxylic acids is 1. The van der Waals surface area contributed by atoms with Crippen molar-refractivity contribution in [2.45, 2.75) is 44.7 Å². The minimum atomic E-state index is -0.735. The lowest BCUT2D eigenvalue weighted by atomic mass is 9.86. The molecule has 1 N–H and O–H groups in total. The first-order valence-electron chi connectivity index (χ1n) is 6.71. The van der Waals surface area contributed by atoms with Gasteiger partial charge in [-0.2, -0.15) is 0 Å². The molecule has 1 aliphatic heterocycles. The number of carboxylic acids is 1. The molecular formula is C15H20INO2. The fourth-order valence-electron chi connectivity index (χ4n) is 2.91. The molecule has 1 saturated heterocycles. The van der Waals surface area contributed by atoms with E-state index < -0.39 is 11.5 Å². The molecule has 2 rings (SSSR count). The van der Waals surface area contributed by atoms with Gasteiger partial charge in [0, 0.05) is 9.61 Å². The van der Waals surface area contributed by atoms with E-state index in [0.717, 1.165) is 25.8 Å². The van der Waals surface area contributed by atoms with E-state index in [-0.39, 0.29) is 6.04 Å². The first kappa shape index (κ1) is 14.8. The third kappa shape index (κ3) is 2.94. The monoisotopic (exact) mass is 373 g/mol. The summed E-state index contributed by atoms with van der Waals surface area (Å²) in [7, 11) is 0. The van der Waals surface area contributed by atoms with E-state index in [0.29, 0.717) is 0 Å². The maximum absolute atomic E-state index is 11.6. The van der Waals surface area contributed by atoms with Crippen LogP contribution in [-0.2, 0) is 4.79 Å². The molecule has 0 spiro atoms. The van der Waals surface area contributed by atoms with Crippen molar-refractivity contribution in [2.75, 3.05) is 6.54 Å². The molecule has 1 aromatic carbocycles. The van der Waals surface area contributed by atoms with Crippen molar-refractivity contribution in [2.24, 2.45) is 0 Å². The van der Waals surface area contributed by atoms with E-state index in [1.165, 1.54) is 9.13 Å². The number of piperidine rings is 1. The summed E-state index contributed by atoms with van der Waals surface area (Å²) in [4.78, 5) is 13.8. The molecule has 0 radical (unpaired) electrons. The van der Waals surface area contributed by atoms with Crippen molar-refractivity contribution < 1.29 is 9.90 Å². The van der Waals surface area contributed by atoms with Gasteiger partial charge >= 0.3 is 5.97 Å². The highest BCUT2D eigenvalue weighted by Crippen LogP contribution is 2.35. The van der Waals surface area contributed by atoms with Gasteiger partial charge in [-0.15, -0.1) is 0 Å². The summed E-state index contributed by atoms with van der Waals surface area (Å²) < 4.78 is 1.20. The van der Waals surface area contributed by atoms with E-state index in [2.05, 4.69) is 58.7 Å². The highest BCUT2D eigenvalue weighted by molar-refractivity contribution is 14.1. The van der Waals surface area contributed by atoms with Gasteiger partial charge in [-0.25, -0.2) is 0 Å². The number of halogens is 1. The predicted molar refractivity (Wildman–Crippen MR) is 84.2 cm³/mol. The van der Waals surface area contributed by atoms with Gasteiger partial charge in [0.05, 0.1) is 0 Å². The zero-order valence-corrected chi connectivity index (χ0v) is 13.6. The van der Waals surface area contributed by atoms with Crippen LogP contribution in [0.15, 0.2) is 24.3 Å². The topological polar surface area (TPSA) is 40.5 Å². The molecule has 0 saturated carbocycles. The average molecular weight is 373 g/mol. The van der Waals surface area contributed by atoms with E-state index in [1.54, 1.807) is 0 Å². The summed E-state index contributed by atoms with van der Waals surface area (Å²) in [6.07, 6.45) is 2.81. The standard InChI is InChI=1S/C15H20INO2/c1-11(12-5-7-13(16)8-6-12)17-10-4-3-9-15(17,2)14(18)19/h5-8,11H,3-4,9-10H2,1-2H3,(H,18,19). The lowest BCUT2D eigenvalue weighted by Gasteiger charge is -2.45. The first-order chi connectivity index (χ1) is 8.95. The fourth-order valence-corrected chi connectivity index (χ4v) is 3.27. The molecule has 104 valence electrons. The molecule has 0 aliphatic carbocycles. The van der Waals surface area contributed by atoms with Crippen LogP contribution in [0.3, 0.4) is 0 Å². The van der Waals surface area contributed by atoms with Gasteiger partial charge in [-0.1, -0.05) is 12.1 Å². The van der Waals surface area contributed by atoms with E-state index >= 15 is 0 Å². The van der Waals surface area contributed by atoms with Crippen molar-refractivity contribution in [1.29, 1.82) is 0 Å². The molecule has 1 heterocycles. The van der Waals surface area contributed by atoms with Gasteiger partial charge in [0.1, 0.15) is 5.54 Å². The Balaban J connectivity index is 2.27. The summed E-state index contributed by atoms with van der Waals surface area (Å²) >= 11 is 2.28. The van der Waals surface area contributed by atoms with Crippen molar-refractivity contribution in [3.63, 3.8) is 0 Å². The minimum Gasteiger partial charge on any atom is -0.480 e. The number of hydrogen-bond donors (Lipinski definition) is 1. The summed E-state index contributed by atoms with van der Waals surface area (Å²) in [6, 6.07) is 8.49. The Morgan fingerprint density at radius 3 is 2.58 bits per heavy atom. The third-order valence-corrected chi connectivity index (χ3v) is 4.95. The SMILES string of the molecule is CC(c1ccc(I)cc1)N1CCCCC1(C)C(=O)O. The quantitative estimate of drug-likeness (QED) is 0.822. The highest BCUT2D eigenvalue weighted by Gasteiger charge is 2.43. The average Bonchev–Trinajstić information content (AvgIpc) is 2.39. The Kier molecular flexibility index (Phi) is 4.50. The lowest BCUT2D eigenvalue weighted by Crippen LogP contribution is -2.55. The van der Waals surface area contributed by atoms with Crippen LogP contribution in [0, 0.1) is 3.57 Å². The molecule has 0 aromatic heterocycles. The van der Waals surface area contributed by atoms with Gasteiger partial charge in [-0.3, -0.25) is 9.69 Å². The molecule has 1 aliphatic rings. The maximum atomic E-state index is 11.6. The zero-order chi connectivity index (χ0) is 14.0. The molecule has 2 atom stereocenters. The van der Waals surface area contributed by atoms with E-state index in [9.17, 15) is 9.90 Å². The van der Waals surface area contributed by atoms with Gasteiger partial charge in [-0.05, 0) is 79.9 Å². The fraction of sp³-hybridized carbons (Fsp3) is 0.533. The van der Waals surface area contributed by atoms with Crippen molar-refractivity contribution in [3.05, 3.63) is 33.4 Å². The van der Waals surface area contributed by atoms with Crippen molar-refractivity contribution >= 4 is 28.6 Å². The second kappa shape index (κ2) is 5.79. The molecule has 1 aromatic rings. The minimum absolute atomic E-state index is 0.137. The van der Waals surface area contributed by atoms with Crippen LogP contribution in [0.1, 0.15) is 44.7 Å². The van der Waals surface area contributed by atoms with E-state index in [4.69, 9.17) is 0 Å². The third-order valence-electron chi connectivity index (χ3n) is 4.23. The second-order valence-corrected chi connectivity index (χ2v) is 6.70. The van der Waals surface area contributed by atoms with Crippen LogP contribution >= 0.6 is 22.6 Å². The van der Waals surface area contributed by atoms with Gasteiger partial charge in [0.15, 0.2) is 0 Å². The maximum Gasteiger partial charge on any atom is 0.323 e. The molecule has 1 fully saturated rings. The van der Waals surface area contributed by atoms with Crippen LogP contribution in [0.25, 0.3) is 0 Å². The zero-order valence-electron chi connectivity index (χ0n) is 11.4. The number of rotatable bonds is 3. The van der Waals surface area contributed by atoms with Crippen LogP contribution < -0.4 is 0 Å². The summed E-state index contributed by atoms with van der Waals surface area (Å²) in [6.45, 7) is 4.82. The van der Waals surface area contributed by atoms with Crippen LogP contribution in [0.2, 0.25) is 0 Å². The number of carbonyl (C=O) groups is 1. The lowest BCUT2D eigenvalue weighted by molar-refractivity contribution is -0.155. The number of hydrogen-bond acceptors (Lipinski definition) is 2. The van der Waals surface area contributed by atoms with Gasteiger partial charge in [0.25, 0.3) is 0 Å². The van der Waals surface area contributed by atoms with Gasteiger partial charge < -0.3 is 5.11 Å². The smallest absolute Gasteiger partial charge is 0.323 e. The Bertz CT molecular complexity index is 460. The molecular weight excluding hydrogens is 353 g/mol. The summed E-state index contributed by atoms with van der Waals surface area (Å²) in [5.41, 5.74) is 0.454. The van der Waals surface area contributed by atoms with Crippen LogP contribution in [0.4, 0.5) is 0 Å². The Labute approximate surface area is 128 Å². The Hall–Kier alpha value is -0.620. The van der Waals surface area contributed by atoms with Crippen molar-refractivity contribution in [1.82, 2.24) is 4.90 Å². The number of nitrogens with zero attached hydrogens (tertiary/aromatic N) is 1. The Morgan fingerprint density at radius 2 is 2.00 bits per heavy atom. The number of likely N-dealkylation sites (tertiary alicyclic amines) is 1. The van der Waals surface area contributed by atoms with Gasteiger partial charge in [0.2, 0.25) is 0 Å². The predicted octanol–water partition coefficient (Wildman–Crippen LogP) is 3.68. The first-order valence-corrected chi connectivity index (χ1v) is 7.78. The van der Waals surface area contributed by atoms with E-state index in [1.807, 2.05) is 6.92 Å². The summed E-state index contributed by atoms with van der Waals surface area (Å²) in [5.74, 6) is -0.704. The number of benzene rings is 1. The van der Waals surface area contributed by atoms with Crippen molar-refractivity contribution in [3.8, 4) is 0 Å². The molecule has 3 nitrogen and oxygen atoms in total. The number of carboxylic acid groups (broad SMARTS) is 1. The van der Waals surface area contributed by atoms with Crippen LogP contribution in [0.5, 0.6) is 0 Å². The molecule has 19 heavy (non-hydrogen) atoms. The normalized spacial score (nSPS) is 26.1. The largest absolute Gasteiger partial charge is 0.480 e. The molecule has 2 unspecified atom stereocenters.